The molecule has 0 aliphatic rings. The molecule has 0 N–H and O–H groups in total. The standard InChI is InChI=1S/C13H11NO2/c1-10-4-5-13(11(7-10)8-14)16-9-12-3-2-6-15-12/h2-7H,9H2,1H3. The van der Waals surface area contributed by atoms with E-state index in [1.165, 1.54) is 0 Å². The molecule has 3 heteroatoms. The molecule has 0 bridgehead atoms. The van der Waals surface area contributed by atoms with Crippen LogP contribution in [0.3, 0.4) is 0 Å². The molecule has 1 heterocycles. The van der Waals surface area contributed by atoms with E-state index in [0.29, 0.717) is 17.9 Å². The van der Waals surface area contributed by atoms with Gasteiger partial charge in [0.25, 0.3) is 0 Å². The number of benzene rings is 1. The summed E-state index contributed by atoms with van der Waals surface area (Å²) in [5.74, 6) is 1.33. The Morgan fingerprint density at radius 1 is 1.38 bits per heavy atom. The fourth-order valence-electron chi connectivity index (χ4n) is 1.40. The van der Waals surface area contributed by atoms with Crippen molar-refractivity contribution in [2.24, 2.45) is 0 Å². The smallest absolute Gasteiger partial charge is 0.146 e. The summed E-state index contributed by atoms with van der Waals surface area (Å²) in [6.45, 7) is 2.28. The average molecular weight is 213 g/mol. The Kier molecular flexibility index (Phi) is 2.93. The molecule has 0 aliphatic carbocycles. The topological polar surface area (TPSA) is 46.2 Å². The number of nitriles is 1. The summed E-state index contributed by atoms with van der Waals surface area (Å²) in [5.41, 5.74) is 1.59. The van der Waals surface area contributed by atoms with Crippen LogP contribution in [0.15, 0.2) is 41.0 Å². The van der Waals surface area contributed by atoms with Gasteiger partial charge in [-0.2, -0.15) is 5.26 Å². The minimum atomic E-state index is 0.338. The van der Waals surface area contributed by atoms with Crippen LogP contribution in [0.25, 0.3) is 0 Å². The van der Waals surface area contributed by atoms with E-state index in [1.54, 1.807) is 24.5 Å². The second-order valence-corrected chi connectivity index (χ2v) is 3.48. The van der Waals surface area contributed by atoms with E-state index in [2.05, 4.69) is 6.07 Å². The molecular weight excluding hydrogens is 202 g/mol. The van der Waals surface area contributed by atoms with Gasteiger partial charge in [0.15, 0.2) is 0 Å². The zero-order valence-corrected chi connectivity index (χ0v) is 8.93. The number of aryl methyl sites for hydroxylation is 1. The Labute approximate surface area is 93.9 Å². The normalized spacial score (nSPS) is 9.75. The maximum Gasteiger partial charge on any atom is 0.146 e. The predicted octanol–water partition coefficient (Wildman–Crippen LogP) is 3.04. The number of hydrogen-bond acceptors (Lipinski definition) is 3. The monoisotopic (exact) mass is 213 g/mol. The third-order valence-corrected chi connectivity index (χ3v) is 2.21. The summed E-state index contributed by atoms with van der Waals surface area (Å²) in [4.78, 5) is 0. The molecule has 0 amide bonds. The molecule has 0 radical (unpaired) electrons. The molecule has 2 aromatic rings. The van der Waals surface area contributed by atoms with E-state index in [9.17, 15) is 0 Å². The summed E-state index contributed by atoms with van der Waals surface area (Å²) in [7, 11) is 0. The van der Waals surface area contributed by atoms with Gasteiger partial charge in [0.2, 0.25) is 0 Å². The molecule has 2 rings (SSSR count). The van der Waals surface area contributed by atoms with Crippen LogP contribution in [0.2, 0.25) is 0 Å². The van der Waals surface area contributed by atoms with Gasteiger partial charge < -0.3 is 9.15 Å². The number of hydrogen-bond donors (Lipinski definition) is 0. The van der Waals surface area contributed by atoms with Crippen molar-refractivity contribution in [3.05, 3.63) is 53.5 Å². The summed E-state index contributed by atoms with van der Waals surface area (Å²) < 4.78 is 10.7. The Morgan fingerprint density at radius 3 is 2.94 bits per heavy atom. The first-order valence-electron chi connectivity index (χ1n) is 4.95. The minimum absolute atomic E-state index is 0.338. The van der Waals surface area contributed by atoms with Crippen LogP contribution in [0, 0.1) is 18.3 Å². The first-order valence-corrected chi connectivity index (χ1v) is 4.95. The SMILES string of the molecule is Cc1ccc(OCc2ccco2)c(C#N)c1. The summed E-state index contributed by atoms with van der Waals surface area (Å²) >= 11 is 0. The number of ether oxygens (including phenoxy) is 1. The van der Waals surface area contributed by atoms with Crippen LogP contribution in [0.5, 0.6) is 5.75 Å². The van der Waals surface area contributed by atoms with E-state index in [4.69, 9.17) is 14.4 Å². The lowest BCUT2D eigenvalue weighted by Crippen LogP contribution is -1.96. The Morgan fingerprint density at radius 2 is 2.25 bits per heavy atom. The van der Waals surface area contributed by atoms with Crippen LogP contribution in [-0.4, -0.2) is 0 Å². The van der Waals surface area contributed by atoms with Crippen LogP contribution in [-0.2, 0) is 6.61 Å². The molecule has 0 saturated heterocycles. The fraction of sp³-hybridized carbons (Fsp3) is 0.154. The van der Waals surface area contributed by atoms with Crippen LogP contribution < -0.4 is 4.74 Å². The van der Waals surface area contributed by atoms with Gasteiger partial charge in [-0.1, -0.05) is 6.07 Å². The molecule has 80 valence electrons. The van der Waals surface area contributed by atoms with E-state index in [0.717, 1.165) is 11.3 Å². The quantitative estimate of drug-likeness (QED) is 0.787. The first-order chi connectivity index (χ1) is 7.79. The highest BCUT2D eigenvalue weighted by molar-refractivity contribution is 5.45. The van der Waals surface area contributed by atoms with Gasteiger partial charge in [0.1, 0.15) is 24.2 Å². The van der Waals surface area contributed by atoms with Crippen molar-refractivity contribution in [3.63, 3.8) is 0 Å². The van der Waals surface area contributed by atoms with E-state index in [1.807, 2.05) is 19.1 Å². The van der Waals surface area contributed by atoms with Crippen molar-refractivity contribution >= 4 is 0 Å². The van der Waals surface area contributed by atoms with Crippen molar-refractivity contribution in [1.82, 2.24) is 0 Å². The molecule has 0 spiro atoms. The van der Waals surface area contributed by atoms with Crippen molar-refractivity contribution in [2.45, 2.75) is 13.5 Å². The molecule has 1 aromatic heterocycles. The molecule has 0 saturated carbocycles. The van der Waals surface area contributed by atoms with Gasteiger partial charge in [-0.05, 0) is 36.8 Å². The molecule has 0 aliphatic heterocycles. The Hall–Kier alpha value is -2.21. The second kappa shape index (κ2) is 4.54. The maximum absolute atomic E-state index is 8.95. The lowest BCUT2D eigenvalue weighted by molar-refractivity contribution is 0.269. The zero-order valence-electron chi connectivity index (χ0n) is 8.93. The summed E-state index contributed by atoms with van der Waals surface area (Å²) in [6.07, 6.45) is 1.60. The van der Waals surface area contributed by atoms with E-state index in [-0.39, 0.29) is 0 Å². The lowest BCUT2D eigenvalue weighted by atomic mass is 10.1. The van der Waals surface area contributed by atoms with Gasteiger partial charge in [-0.3, -0.25) is 0 Å². The minimum Gasteiger partial charge on any atom is -0.484 e. The number of rotatable bonds is 3. The molecule has 16 heavy (non-hydrogen) atoms. The van der Waals surface area contributed by atoms with Gasteiger partial charge in [0.05, 0.1) is 11.8 Å². The Balaban J connectivity index is 2.13. The predicted molar refractivity (Wildman–Crippen MR) is 58.9 cm³/mol. The second-order valence-electron chi connectivity index (χ2n) is 3.48. The Bertz CT molecular complexity index is 509. The first kappa shape index (κ1) is 10.3. The van der Waals surface area contributed by atoms with E-state index >= 15 is 0 Å². The van der Waals surface area contributed by atoms with Gasteiger partial charge in [0, 0.05) is 0 Å². The highest BCUT2D eigenvalue weighted by atomic mass is 16.5. The van der Waals surface area contributed by atoms with Crippen LogP contribution in [0.1, 0.15) is 16.9 Å². The molecule has 3 nitrogen and oxygen atoms in total. The summed E-state index contributed by atoms with van der Waals surface area (Å²) in [5, 5.41) is 8.95. The number of nitrogens with zero attached hydrogens (tertiary/aromatic N) is 1. The zero-order chi connectivity index (χ0) is 11.4. The highest BCUT2D eigenvalue weighted by Gasteiger charge is 2.04. The molecular formula is C13H11NO2. The third kappa shape index (κ3) is 2.23. The van der Waals surface area contributed by atoms with Crippen molar-refractivity contribution in [1.29, 1.82) is 5.26 Å². The van der Waals surface area contributed by atoms with Gasteiger partial charge in [-0.25, -0.2) is 0 Å². The number of furan rings is 1. The van der Waals surface area contributed by atoms with Crippen LogP contribution in [0.4, 0.5) is 0 Å². The van der Waals surface area contributed by atoms with Gasteiger partial charge in [-0.15, -0.1) is 0 Å². The molecule has 0 unspecified atom stereocenters. The van der Waals surface area contributed by atoms with Crippen molar-refractivity contribution in [3.8, 4) is 11.8 Å². The molecule has 0 atom stereocenters. The van der Waals surface area contributed by atoms with Crippen molar-refractivity contribution in [2.75, 3.05) is 0 Å². The van der Waals surface area contributed by atoms with E-state index < -0.39 is 0 Å². The van der Waals surface area contributed by atoms with Crippen molar-refractivity contribution < 1.29 is 9.15 Å². The molecule has 0 fully saturated rings. The largest absolute Gasteiger partial charge is 0.484 e. The maximum atomic E-state index is 8.95. The average Bonchev–Trinajstić information content (AvgIpc) is 2.80. The fourth-order valence-corrected chi connectivity index (χ4v) is 1.40. The van der Waals surface area contributed by atoms with Gasteiger partial charge >= 0.3 is 0 Å². The van der Waals surface area contributed by atoms with Crippen LogP contribution >= 0.6 is 0 Å². The lowest BCUT2D eigenvalue weighted by Gasteiger charge is -2.06. The molecule has 1 aromatic carbocycles. The summed E-state index contributed by atoms with van der Waals surface area (Å²) in [6, 6.07) is 11.3. The third-order valence-electron chi connectivity index (χ3n) is 2.21. The highest BCUT2D eigenvalue weighted by Crippen LogP contribution is 2.20.